The summed E-state index contributed by atoms with van der Waals surface area (Å²) >= 11 is 13.2. The molecule has 1 amide bonds. The van der Waals surface area contributed by atoms with Gasteiger partial charge in [-0.05, 0) is 50.1 Å². The lowest BCUT2D eigenvalue weighted by Gasteiger charge is -2.12. The molecule has 28 heavy (non-hydrogen) atoms. The molecule has 1 heterocycles. The molecule has 0 aliphatic rings. The zero-order chi connectivity index (χ0) is 20.4. The van der Waals surface area contributed by atoms with Crippen LogP contribution in [0.25, 0.3) is 11.4 Å². The zero-order valence-corrected chi connectivity index (χ0v) is 17.9. The molecule has 3 N–H and O–H groups in total. The second-order valence-corrected chi connectivity index (χ2v) is 8.17. The lowest BCUT2D eigenvalue weighted by molar-refractivity contribution is -0.113. The maximum Gasteiger partial charge on any atom is 0.234 e. The van der Waals surface area contributed by atoms with Gasteiger partial charge in [-0.3, -0.25) is 4.79 Å². The highest BCUT2D eigenvalue weighted by Crippen LogP contribution is 2.29. The molecule has 0 saturated heterocycles. The van der Waals surface area contributed by atoms with Crippen LogP contribution < -0.4 is 11.2 Å². The number of nitrogens with two attached hydrogens (primary N) is 1. The Morgan fingerprint density at radius 1 is 1.11 bits per heavy atom. The highest BCUT2D eigenvalue weighted by molar-refractivity contribution is 7.99. The van der Waals surface area contributed by atoms with Crippen LogP contribution in [-0.4, -0.2) is 26.5 Å². The van der Waals surface area contributed by atoms with Crippen molar-refractivity contribution in [2.45, 2.75) is 25.9 Å². The van der Waals surface area contributed by atoms with Gasteiger partial charge in [-0.1, -0.05) is 52.7 Å². The summed E-state index contributed by atoms with van der Waals surface area (Å²) in [5.41, 5.74) is 4.74. The highest BCUT2D eigenvalue weighted by Gasteiger charge is 2.15. The van der Waals surface area contributed by atoms with Crippen LogP contribution in [0.5, 0.6) is 0 Å². The van der Waals surface area contributed by atoms with Crippen molar-refractivity contribution >= 4 is 46.6 Å². The van der Waals surface area contributed by atoms with E-state index in [1.807, 2.05) is 32.9 Å². The van der Waals surface area contributed by atoms with Crippen LogP contribution >= 0.6 is 35.0 Å². The standard InChI is InChI=1S/C19H19Cl2N5OS/c1-10-6-11(2)17(12(3)7-10)23-16(27)9-28-19-25-24-18(26(19)22)13-4-5-14(20)15(21)8-13/h4-8H,9,22H2,1-3H3,(H,23,27). The van der Waals surface area contributed by atoms with Gasteiger partial charge in [-0.2, -0.15) is 0 Å². The molecule has 1 aromatic heterocycles. The van der Waals surface area contributed by atoms with E-state index in [4.69, 9.17) is 29.0 Å². The van der Waals surface area contributed by atoms with Crippen LogP contribution in [0.15, 0.2) is 35.5 Å². The van der Waals surface area contributed by atoms with Crippen molar-refractivity contribution in [1.82, 2.24) is 14.9 Å². The molecule has 0 fully saturated rings. The number of aryl methyl sites for hydroxylation is 3. The molecule has 9 heteroatoms. The van der Waals surface area contributed by atoms with E-state index in [0.29, 0.717) is 26.6 Å². The predicted octanol–water partition coefficient (Wildman–Crippen LogP) is 4.62. The van der Waals surface area contributed by atoms with Crippen molar-refractivity contribution in [3.8, 4) is 11.4 Å². The summed E-state index contributed by atoms with van der Waals surface area (Å²) in [4.78, 5) is 12.4. The van der Waals surface area contributed by atoms with Crippen molar-refractivity contribution < 1.29 is 4.79 Å². The van der Waals surface area contributed by atoms with Gasteiger partial charge >= 0.3 is 0 Å². The van der Waals surface area contributed by atoms with E-state index in [0.717, 1.165) is 22.4 Å². The number of hydrogen-bond donors (Lipinski definition) is 2. The highest BCUT2D eigenvalue weighted by atomic mass is 35.5. The normalized spacial score (nSPS) is 10.9. The molecule has 3 aromatic rings. The molecule has 0 unspecified atom stereocenters. The Hall–Kier alpha value is -2.22. The van der Waals surface area contributed by atoms with Gasteiger partial charge in [-0.15, -0.1) is 10.2 Å². The Kier molecular flexibility index (Phi) is 6.17. The number of nitrogen functional groups attached to an aromatic ring is 1. The summed E-state index contributed by atoms with van der Waals surface area (Å²) in [6.45, 7) is 5.98. The van der Waals surface area contributed by atoms with Crippen molar-refractivity contribution in [3.63, 3.8) is 0 Å². The molecule has 6 nitrogen and oxygen atoms in total. The molecule has 2 aromatic carbocycles. The maximum absolute atomic E-state index is 12.4. The first-order valence-electron chi connectivity index (χ1n) is 8.42. The van der Waals surface area contributed by atoms with E-state index in [1.54, 1.807) is 18.2 Å². The second-order valence-electron chi connectivity index (χ2n) is 6.42. The van der Waals surface area contributed by atoms with E-state index in [9.17, 15) is 4.79 Å². The third kappa shape index (κ3) is 4.43. The second kappa shape index (κ2) is 8.43. The molecule has 0 saturated carbocycles. The smallest absolute Gasteiger partial charge is 0.234 e. The first kappa shape index (κ1) is 20.5. The van der Waals surface area contributed by atoms with Gasteiger partial charge in [0.15, 0.2) is 5.82 Å². The molecule has 0 aliphatic carbocycles. The first-order chi connectivity index (χ1) is 13.3. The predicted molar refractivity (Wildman–Crippen MR) is 116 cm³/mol. The molecule has 0 aliphatic heterocycles. The van der Waals surface area contributed by atoms with E-state index in [-0.39, 0.29) is 11.7 Å². The van der Waals surface area contributed by atoms with E-state index >= 15 is 0 Å². The Labute approximate surface area is 177 Å². The number of benzene rings is 2. The third-order valence-corrected chi connectivity index (χ3v) is 5.80. The first-order valence-corrected chi connectivity index (χ1v) is 10.2. The monoisotopic (exact) mass is 435 g/mol. The number of nitrogens with zero attached hydrogens (tertiary/aromatic N) is 3. The van der Waals surface area contributed by atoms with Gasteiger partial charge in [0, 0.05) is 11.3 Å². The molecule has 0 spiro atoms. The fraction of sp³-hybridized carbons (Fsp3) is 0.211. The molecule has 0 bridgehead atoms. The summed E-state index contributed by atoms with van der Waals surface area (Å²) in [6.07, 6.45) is 0. The summed E-state index contributed by atoms with van der Waals surface area (Å²) in [5, 5.41) is 12.4. The number of hydrogen-bond acceptors (Lipinski definition) is 5. The minimum absolute atomic E-state index is 0.140. The number of thioether (sulfide) groups is 1. The maximum atomic E-state index is 12.4. The van der Waals surface area contributed by atoms with Crippen LogP contribution in [0.3, 0.4) is 0 Å². The number of nitrogens with one attached hydrogen (secondary N) is 1. The average molecular weight is 436 g/mol. The number of halogens is 2. The minimum atomic E-state index is -0.140. The average Bonchev–Trinajstić information content (AvgIpc) is 2.99. The van der Waals surface area contributed by atoms with Crippen molar-refractivity contribution in [2.75, 3.05) is 16.9 Å². The summed E-state index contributed by atoms with van der Waals surface area (Å²) in [7, 11) is 0. The number of carbonyl (C=O) groups excluding carboxylic acids is 1. The lowest BCUT2D eigenvalue weighted by Crippen LogP contribution is -2.17. The SMILES string of the molecule is Cc1cc(C)c(NC(=O)CSc2nnc(-c3ccc(Cl)c(Cl)c3)n2N)c(C)c1. The number of rotatable bonds is 5. The van der Waals surface area contributed by atoms with Gasteiger partial charge in [0.25, 0.3) is 0 Å². The van der Waals surface area contributed by atoms with E-state index < -0.39 is 0 Å². The Morgan fingerprint density at radius 3 is 2.43 bits per heavy atom. The van der Waals surface area contributed by atoms with Gasteiger partial charge in [0.2, 0.25) is 11.1 Å². The Balaban J connectivity index is 1.69. The molecule has 0 radical (unpaired) electrons. The summed E-state index contributed by atoms with van der Waals surface area (Å²) in [5.74, 6) is 6.54. The summed E-state index contributed by atoms with van der Waals surface area (Å²) in [6, 6.07) is 9.17. The van der Waals surface area contributed by atoms with Crippen LogP contribution in [0.1, 0.15) is 16.7 Å². The van der Waals surface area contributed by atoms with Gasteiger partial charge < -0.3 is 11.2 Å². The lowest BCUT2D eigenvalue weighted by atomic mass is 10.1. The third-order valence-electron chi connectivity index (χ3n) is 4.12. The Bertz CT molecular complexity index is 1030. The Morgan fingerprint density at radius 2 is 1.79 bits per heavy atom. The number of anilines is 1. The van der Waals surface area contributed by atoms with Crippen LogP contribution in [-0.2, 0) is 4.79 Å². The molecular weight excluding hydrogens is 417 g/mol. The minimum Gasteiger partial charge on any atom is -0.335 e. The van der Waals surface area contributed by atoms with Crippen molar-refractivity contribution in [2.24, 2.45) is 0 Å². The van der Waals surface area contributed by atoms with Gasteiger partial charge in [0.05, 0.1) is 15.8 Å². The van der Waals surface area contributed by atoms with Crippen molar-refractivity contribution in [1.29, 1.82) is 0 Å². The molecule has 0 atom stereocenters. The quantitative estimate of drug-likeness (QED) is 0.450. The van der Waals surface area contributed by atoms with Gasteiger partial charge in [0.1, 0.15) is 0 Å². The van der Waals surface area contributed by atoms with Crippen molar-refractivity contribution in [3.05, 3.63) is 57.1 Å². The van der Waals surface area contributed by atoms with E-state index in [1.165, 1.54) is 16.4 Å². The van der Waals surface area contributed by atoms with Crippen LogP contribution in [0, 0.1) is 20.8 Å². The van der Waals surface area contributed by atoms with Crippen LogP contribution in [0.4, 0.5) is 5.69 Å². The zero-order valence-electron chi connectivity index (χ0n) is 15.6. The fourth-order valence-electron chi connectivity index (χ4n) is 2.89. The molecule has 146 valence electrons. The largest absolute Gasteiger partial charge is 0.335 e. The summed E-state index contributed by atoms with van der Waals surface area (Å²) < 4.78 is 1.33. The fourth-order valence-corrected chi connectivity index (χ4v) is 3.84. The van der Waals surface area contributed by atoms with Gasteiger partial charge in [-0.25, -0.2) is 4.68 Å². The molecular formula is C19H19Cl2N5OS. The topological polar surface area (TPSA) is 85.8 Å². The number of amides is 1. The van der Waals surface area contributed by atoms with Crippen LogP contribution in [0.2, 0.25) is 10.0 Å². The molecule has 3 rings (SSSR count). The van der Waals surface area contributed by atoms with E-state index in [2.05, 4.69) is 15.5 Å². The number of aromatic nitrogens is 3. The number of carbonyl (C=O) groups is 1.